The highest BCUT2D eigenvalue weighted by atomic mass is 16.2. The number of amides is 1. The molecule has 0 radical (unpaired) electrons. The largest absolute Gasteiger partial charge is 0.345 e. The van der Waals surface area contributed by atoms with Gasteiger partial charge in [-0.25, -0.2) is 0 Å². The summed E-state index contributed by atoms with van der Waals surface area (Å²) in [6.45, 7) is 3.16. The molecule has 1 aliphatic rings. The minimum absolute atomic E-state index is 0.349. The molecular weight excluding hydrogens is 150 g/mol. The molecule has 0 N–H and O–H groups in total. The number of unbranched alkanes of at least 4 members (excludes halogenated alkanes) is 2. The van der Waals surface area contributed by atoms with Crippen molar-refractivity contribution in [3.8, 4) is 0 Å². The predicted molar refractivity (Wildman–Crippen MR) is 49.9 cm³/mol. The van der Waals surface area contributed by atoms with Crippen LogP contribution in [0.3, 0.4) is 0 Å². The first-order valence-electron chi connectivity index (χ1n) is 5.00. The molecule has 0 spiro atoms. The molecule has 1 amide bonds. The van der Waals surface area contributed by atoms with Crippen LogP contribution in [0, 0.1) is 5.92 Å². The van der Waals surface area contributed by atoms with E-state index in [1.54, 1.807) is 0 Å². The molecule has 1 rings (SSSR count). The van der Waals surface area contributed by atoms with Gasteiger partial charge in [0.25, 0.3) is 0 Å². The van der Waals surface area contributed by atoms with Gasteiger partial charge >= 0.3 is 0 Å². The highest BCUT2D eigenvalue weighted by Crippen LogP contribution is 2.22. The first-order valence-corrected chi connectivity index (χ1v) is 5.00. The fourth-order valence-electron chi connectivity index (χ4n) is 1.80. The Kier molecular flexibility index (Phi) is 3.57. The molecule has 1 aliphatic heterocycles. The molecule has 0 saturated carbocycles. The van der Waals surface area contributed by atoms with Gasteiger partial charge in [0.2, 0.25) is 5.91 Å². The van der Waals surface area contributed by atoms with Crippen LogP contribution in [0.15, 0.2) is 0 Å². The van der Waals surface area contributed by atoms with E-state index < -0.39 is 0 Å². The number of carbonyl (C=O) groups excluding carboxylic acids is 1. The van der Waals surface area contributed by atoms with Crippen molar-refractivity contribution in [2.75, 3.05) is 13.6 Å². The standard InChI is InChI=1S/C10H19NO/c1-3-4-5-6-9-7-8-11(2)10(9)12/h9H,3-8H2,1-2H3. The van der Waals surface area contributed by atoms with Crippen molar-refractivity contribution in [1.82, 2.24) is 4.90 Å². The molecule has 2 nitrogen and oxygen atoms in total. The zero-order valence-electron chi connectivity index (χ0n) is 8.18. The maximum absolute atomic E-state index is 11.4. The lowest BCUT2D eigenvalue weighted by Gasteiger charge is -2.09. The van der Waals surface area contributed by atoms with Gasteiger partial charge in [0, 0.05) is 19.5 Å². The summed E-state index contributed by atoms with van der Waals surface area (Å²) in [5.41, 5.74) is 0. The lowest BCUT2D eigenvalue weighted by molar-refractivity contribution is -0.130. The van der Waals surface area contributed by atoms with Gasteiger partial charge in [-0.15, -0.1) is 0 Å². The smallest absolute Gasteiger partial charge is 0.225 e. The molecule has 70 valence electrons. The molecule has 2 heteroatoms. The number of hydrogen-bond donors (Lipinski definition) is 0. The summed E-state index contributed by atoms with van der Waals surface area (Å²) in [5, 5.41) is 0. The van der Waals surface area contributed by atoms with Crippen LogP contribution in [0.4, 0.5) is 0 Å². The number of nitrogens with zero attached hydrogens (tertiary/aromatic N) is 1. The van der Waals surface area contributed by atoms with E-state index in [1.807, 2.05) is 11.9 Å². The molecule has 1 heterocycles. The van der Waals surface area contributed by atoms with Crippen LogP contribution in [0.1, 0.15) is 39.0 Å². The Balaban J connectivity index is 2.20. The topological polar surface area (TPSA) is 20.3 Å². The Morgan fingerprint density at radius 2 is 2.25 bits per heavy atom. The van der Waals surface area contributed by atoms with Crippen LogP contribution in [-0.2, 0) is 4.79 Å². The third-order valence-electron chi connectivity index (χ3n) is 2.69. The van der Waals surface area contributed by atoms with Crippen molar-refractivity contribution in [3.63, 3.8) is 0 Å². The first kappa shape index (κ1) is 9.56. The second-order valence-electron chi connectivity index (χ2n) is 3.74. The van der Waals surface area contributed by atoms with Crippen LogP contribution in [0.25, 0.3) is 0 Å². The fraction of sp³-hybridized carbons (Fsp3) is 0.900. The summed E-state index contributed by atoms with van der Waals surface area (Å²) < 4.78 is 0. The third kappa shape index (κ3) is 2.23. The van der Waals surface area contributed by atoms with E-state index in [0.717, 1.165) is 19.4 Å². The van der Waals surface area contributed by atoms with Gasteiger partial charge in [-0.3, -0.25) is 4.79 Å². The molecule has 1 unspecified atom stereocenters. The Labute approximate surface area is 74.9 Å². The van der Waals surface area contributed by atoms with Crippen LogP contribution < -0.4 is 0 Å². The minimum atomic E-state index is 0.349. The molecule has 0 aromatic heterocycles. The van der Waals surface area contributed by atoms with E-state index in [2.05, 4.69) is 6.92 Å². The quantitative estimate of drug-likeness (QED) is 0.590. The van der Waals surface area contributed by atoms with E-state index >= 15 is 0 Å². The van der Waals surface area contributed by atoms with Crippen LogP contribution in [-0.4, -0.2) is 24.4 Å². The average Bonchev–Trinajstić information content (AvgIpc) is 2.36. The molecule has 0 aromatic carbocycles. The Morgan fingerprint density at radius 3 is 2.75 bits per heavy atom. The van der Waals surface area contributed by atoms with Gasteiger partial charge in [0.15, 0.2) is 0 Å². The van der Waals surface area contributed by atoms with Gasteiger partial charge in [-0.1, -0.05) is 26.2 Å². The van der Waals surface area contributed by atoms with Crippen LogP contribution in [0.5, 0.6) is 0 Å². The van der Waals surface area contributed by atoms with Gasteiger partial charge in [-0.05, 0) is 12.8 Å². The maximum atomic E-state index is 11.4. The van der Waals surface area contributed by atoms with Crippen molar-refractivity contribution in [3.05, 3.63) is 0 Å². The normalized spacial score (nSPS) is 23.7. The van der Waals surface area contributed by atoms with E-state index in [4.69, 9.17) is 0 Å². The van der Waals surface area contributed by atoms with Crippen LogP contribution >= 0.6 is 0 Å². The summed E-state index contributed by atoms with van der Waals surface area (Å²) >= 11 is 0. The van der Waals surface area contributed by atoms with E-state index in [1.165, 1.54) is 19.3 Å². The highest BCUT2D eigenvalue weighted by Gasteiger charge is 2.27. The van der Waals surface area contributed by atoms with E-state index in [9.17, 15) is 4.79 Å². The van der Waals surface area contributed by atoms with E-state index in [0.29, 0.717) is 11.8 Å². The lowest BCUT2D eigenvalue weighted by Crippen LogP contribution is -2.22. The second kappa shape index (κ2) is 4.48. The van der Waals surface area contributed by atoms with Crippen molar-refractivity contribution in [2.24, 2.45) is 5.92 Å². The summed E-state index contributed by atoms with van der Waals surface area (Å²) in [4.78, 5) is 13.3. The number of carbonyl (C=O) groups is 1. The van der Waals surface area contributed by atoms with Gasteiger partial charge in [0.1, 0.15) is 0 Å². The van der Waals surface area contributed by atoms with Gasteiger partial charge in [-0.2, -0.15) is 0 Å². The zero-order chi connectivity index (χ0) is 8.97. The van der Waals surface area contributed by atoms with Crippen LogP contribution in [0.2, 0.25) is 0 Å². The number of likely N-dealkylation sites (tertiary alicyclic amines) is 1. The summed E-state index contributed by atoms with van der Waals surface area (Å²) in [6, 6.07) is 0. The summed E-state index contributed by atoms with van der Waals surface area (Å²) in [7, 11) is 1.90. The number of rotatable bonds is 4. The second-order valence-corrected chi connectivity index (χ2v) is 3.74. The molecule has 12 heavy (non-hydrogen) atoms. The molecule has 0 aliphatic carbocycles. The SMILES string of the molecule is CCCCCC1CCN(C)C1=O. The molecule has 1 fully saturated rings. The maximum Gasteiger partial charge on any atom is 0.225 e. The summed E-state index contributed by atoms with van der Waals surface area (Å²) in [6.07, 6.45) is 5.93. The molecule has 1 atom stereocenters. The molecule has 0 bridgehead atoms. The van der Waals surface area contributed by atoms with Gasteiger partial charge < -0.3 is 4.90 Å². The fourth-order valence-corrected chi connectivity index (χ4v) is 1.80. The molecule has 1 saturated heterocycles. The van der Waals surface area contributed by atoms with Crippen molar-refractivity contribution in [2.45, 2.75) is 39.0 Å². The third-order valence-corrected chi connectivity index (χ3v) is 2.69. The zero-order valence-corrected chi connectivity index (χ0v) is 8.18. The Bertz CT molecular complexity index is 156. The van der Waals surface area contributed by atoms with Crippen molar-refractivity contribution >= 4 is 5.91 Å². The molecule has 0 aromatic rings. The Hall–Kier alpha value is -0.530. The van der Waals surface area contributed by atoms with Gasteiger partial charge in [0.05, 0.1) is 0 Å². The number of hydrogen-bond acceptors (Lipinski definition) is 1. The molecular formula is C10H19NO. The van der Waals surface area contributed by atoms with Crippen molar-refractivity contribution < 1.29 is 4.79 Å². The Morgan fingerprint density at radius 1 is 1.50 bits per heavy atom. The predicted octanol–water partition coefficient (Wildman–Crippen LogP) is 2.04. The summed E-state index contributed by atoms with van der Waals surface area (Å²) in [5.74, 6) is 0.715. The monoisotopic (exact) mass is 169 g/mol. The lowest BCUT2D eigenvalue weighted by atomic mass is 10.0. The average molecular weight is 169 g/mol. The van der Waals surface area contributed by atoms with Crippen molar-refractivity contribution in [1.29, 1.82) is 0 Å². The minimum Gasteiger partial charge on any atom is -0.345 e. The highest BCUT2D eigenvalue weighted by molar-refractivity contribution is 5.80. The van der Waals surface area contributed by atoms with E-state index in [-0.39, 0.29) is 0 Å². The first-order chi connectivity index (χ1) is 5.75.